The first-order valence-electron chi connectivity index (χ1n) is 7.40. The zero-order valence-electron chi connectivity index (χ0n) is 12.5. The van der Waals surface area contributed by atoms with Crippen LogP contribution in [0, 0.1) is 6.92 Å². The average molecular weight is 283 g/mol. The summed E-state index contributed by atoms with van der Waals surface area (Å²) in [5.74, 6) is 0. The molecule has 1 atom stereocenters. The van der Waals surface area contributed by atoms with Crippen molar-refractivity contribution >= 4 is 6.03 Å². The summed E-state index contributed by atoms with van der Waals surface area (Å²) >= 11 is 0. The maximum absolute atomic E-state index is 12.4. The van der Waals surface area contributed by atoms with Crippen LogP contribution in [-0.4, -0.2) is 22.0 Å². The third-order valence-corrected chi connectivity index (χ3v) is 4.17. The van der Waals surface area contributed by atoms with Crippen molar-refractivity contribution in [3.63, 3.8) is 0 Å². The predicted molar refractivity (Wildman–Crippen MR) is 83.0 cm³/mol. The van der Waals surface area contributed by atoms with Gasteiger partial charge in [-0.05, 0) is 31.5 Å². The monoisotopic (exact) mass is 283 g/mol. The number of nitrogens with zero attached hydrogens (tertiary/aromatic N) is 2. The minimum absolute atomic E-state index is 0.00975. The van der Waals surface area contributed by atoms with Gasteiger partial charge in [-0.25, -0.2) is 4.79 Å². The first-order chi connectivity index (χ1) is 10.1. The van der Waals surface area contributed by atoms with Gasteiger partial charge < -0.3 is 14.8 Å². The molecule has 0 fully saturated rings. The third kappa shape index (κ3) is 2.79. The summed E-state index contributed by atoms with van der Waals surface area (Å²) < 4.78 is 2.22. The Bertz CT molecular complexity index is 630. The highest BCUT2D eigenvalue weighted by Crippen LogP contribution is 2.25. The van der Waals surface area contributed by atoms with Crippen LogP contribution in [-0.2, 0) is 13.1 Å². The lowest BCUT2D eigenvalue weighted by atomic mass is 10.1. The molecule has 0 saturated carbocycles. The number of nitrogens with one attached hydrogen (secondary N) is 1. The maximum Gasteiger partial charge on any atom is 0.318 e. The van der Waals surface area contributed by atoms with Crippen molar-refractivity contribution in [1.29, 1.82) is 0 Å². The predicted octanol–water partition coefficient (Wildman–Crippen LogP) is 3.08. The average Bonchev–Trinajstić information content (AvgIpc) is 2.96. The van der Waals surface area contributed by atoms with Crippen molar-refractivity contribution in [2.75, 3.05) is 6.54 Å². The number of aromatic nitrogens is 1. The Hall–Kier alpha value is -2.23. The van der Waals surface area contributed by atoms with E-state index >= 15 is 0 Å². The number of carbonyl (C=O) groups excluding carboxylic acids is 1. The first-order valence-corrected chi connectivity index (χ1v) is 7.40. The molecule has 4 heteroatoms. The van der Waals surface area contributed by atoms with Gasteiger partial charge in [0, 0.05) is 31.5 Å². The number of rotatable bonds is 2. The van der Waals surface area contributed by atoms with Gasteiger partial charge in [-0.1, -0.05) is 29.8 Å². The van der Waals surface area contributed by atoms with E-state index in [9.17, 15) is 4.79 Å². The van der Waals surface area contributed by atoms with Crippen LogP contribution in [0.25, 0.3) is 0 Å². The van der Waals surface area contributed by atoms with Gasteiger partial charge in [-0.2, -0.15) is 0 Å². The highest BCUT2D eigenvalue weighted by atomic mass is 16.2. The van der Waals surface area contributed by atoms with Crippen molar-refractivity contribution < 1.29 is 4.79 Å². The van der Waals surface area contributed by atoms with Gasteiger partial charge in [0.25, 0.3) is 0 Å². The normalized spacial score (nSPS) is 17.4. The van der Waals surface area contributed by atoms with Crippen molar-refractivity contribution in [1.82, 2.24) is 14.8 Å². The molecule has 0 saturated heterocycles. The van der Waals surface area contributed by atoms with E-state index < -0.39 is 0 Å². The smallest absolute Gasteiger partial charge is 0.318 e. The number of carbonyl (C=O) groups is 1. The summed E-state index contributed by atoms with van der Waals surface area (Å²) in [5.41, 5.74) is 3.56. The summed E-state index contributed by atoms with van der Waals surface area (Å²) in [5, 5.41) is 3.02. The van der Waals surface area contributed by atoms with Crippen molar-refractivity contribution in [3.8, 4) is 0 Å². The second-order valence-electron chi connectivity index (χ2n) is 5.64. The fraction of sp³-hybridized carbons (Fsp3) is 0.353. The van der Waals surface area contributed by atoms with Gasteiger partial charge in [0.15, 0.2) is 0 Å². The number of urea groups is 1. The summed E-state index contributed by atoms with van der Waals surface area (Å²) in [7, 11) is 0. The topological polar surface area (TPSA) is 37.3 Å². The van der Waals surface area contributed by atoms with E-state index in [1.165, 1.54) is 11.3 Å². The highest BCUT2D eigenvalue weighted by molar-refractivity contribution is 5.74. The Morgan fingerprint density at radius 1 is 1.24 bits per heavy atom. The summed E-state index contributed by atoms with van der Waals surface area (Å²) in [6.07, 6.45) is 2.08. The lowest BCUT2D eigenvalue weighted by Crippen LogP contribution is -2.45. The highest BCUT2D eigenvalue weighted by Gasteiger charge is 2.26. The number of hydrogen-bond donors (Lipinski definition) is 1. The van der Waals surface area contributed by atoms with E-state index in [0.29, 0.717) is 6.54 Å². The molecule has 21 heavy (non-hydrogen) atoms. The van der Waals surface area contributed by atoms with Gasteiger partial charge in [-0.15, -0.1) is 0 Å². The minimum Gasteiger partial charge on any atom is -0.348 e. The second-order valence-corrected chi connectivity index (χ2v) is 5.64. The van der Waals surface area contributed by atoms with Gasteiger partial charge in [0.1, 0.15) is 0 Å². The first kappa shape index (κ1) is 13.7. The molecule has 3 rings (SSSR count). The molecular formula is C17H21N3O. The number of hydrogen-bond acceptors (Lipinski definition) is 1. The molecule has 2 amide bonds. The molecule has 0 aliphatic carbocycles. The van der Waals surface area contributed by atoms with Gasteiger partial charge in [-0.3, -0.25) is 0 Å². The summed E-state index contributed by atoms with van der Waals surface area (Å²) in [4.78, 5) is 14.3. The van der Waals surface area contributed by atoms with Crippen LogP contribution in [0.15, 0.2) is 42.6 Å². The largest absolute Gasteiger partial charge is 0.348 e. The molecule has 0 radical (unpaired) electrons. The zero-order valence-corrected chi connectivity index (χ0v) is 12.5. The lowest BCUT2D eigenvalue weighted by Gasteiger charge is -2.34. The molecule has 1 N–H and O–H groups in total. The van der Waals surface area contributed by atoms with E-state index in [0.717, 1.165) is 18.7 Å². The molecule has 2 aromatic rings. The molecule has 0 unspecified atom stereocenters. The SMILES string of the molecule is Cc1ccc(CNC(=O)N2CCn3cccc3[C@@H]2C)cc1. The van der Waals surface area contributed by atoms with E-state index in [4.69, 9.17) is 0 Å². The molecule has 110 valence electrons. The molecule has 4 nitrogen and oxygen atoms in total. The number of amides is 2. The van der Waals surface area contributed by atoms with Gasteiger partial charge in [0.05, 0.1) is 6.04 Å². The van der Waals surface area contributed by atoms with Crippen molar-refractivity contribution in [3.05, 3.63) is 59.4 Å². The molecule has 1 aliphatic heterocycles. The third-order valence-electron chi connectivity index (χ3n) is 4.17. The number of fused-ring (bicyclic) bond motifs is 1. The van der Waals surface area contributed by atoms with Crippen molar-refractivity contribution in [2.24, 2.45) is 0 Å². The fourth-order valence-electron chi connectivity index (χ4n) is 2.84. The molecule has 0 spiro atoms. The molecule has 1 aliphatic rings. The van der Waals surface area contributed by atoms with Crippen LogP contribution >= 0.6 is 0 Å². The zero-order chi connectivity index (χ0) is 14.8. The maximum atomic E-state index is 12.4. The van der Waals surface area contributed by atoms with Crippen LogP contribution in [0.4, 0.5) is 4.79 Å². The van der Waals surface area contributed by atoms with E-state index in [-0.39, 0.29) is 12.1 Å². The molecule has 1 aromatic carbocycles. The Kier molecular flexibility index (Phi) is 3.69. The van der Waals surface area contributed by atoms with Crippen LogP contribution in [0.3, 0.4) is 0 Å². The Morgan fingerprint density at radius 3 is 2.76 bits per heavy atom. The standard InChI is InChI=1S/C17H21N3O/c1-13-5-7-15(8-6-13)12-18-17(21)20-11-10-19-9-3-4-16(19)14(20)2/h3-9,14H,10-12H2,1-2H3,(H,18,21)/t14-/m0/s1. The Balaban J connectivity index is 1.62. The lowest BCUT2D eigenvalue weighted by molar-refractivity contribution is 0.162. The quantitative estimate of drug-likeness (QED) is 0.903. The molecular weight excluding hydrogens is 262 g/mol. The van der Waals surface area contributed by atoms with E-state index in [1.807, 2.05) is 11.0 Å². The summed E-state index contributed by atoms with van der Waals surface area (Å²) in [6, 6.07) is 12.5. The van der Waals surface area contributed by atoms with Crippen LogP contribution in [0.5, 0.6) is 0 Å². The van der Waals surface area contributed by atoms with Gasteiger partial charge >= 0.3 is 6.03 Å². The van der Waals surface area contributed by atoms with E-state index in [2.05, 4.69) is 60.3 Å². The van der Waals surface area contributed by atoms with Crippen LogP contribution in [0.1, 0.15) is 29.8 Å². The summed E-state index contributed by atoms with van der Waals surface area (Å²) in [6.45, 7) is 6.33. The van der Waals surface area contributed by atoms with Crippen molar-refractivity contribution in [2.45, 2.75) is 33.0 Å². The molecule has 2 heterocycles. The fourth-order valence-corrected chi connectivity index (χ4v) is 2.84. The van der Waals surface area contributed by atoms with Crippen LogP contribution < -0.4 is 5.32 Å². The minimum atomic E-state index is 0.00975. The molecule has 1 aromatic heterocycles. The number of aryl methyl sites for hydroxylation is 1. The molecule has 0 bridgehead atoms. The van der Waals surface area contributed by atoms with Crippen LogP contribution in [0.2, 0.25) is 0 Å². The number of benzene rings is 1. The van der Waals surface area contributed by atoms with E-state index in [1.54, 1.807) is 0 Å². The second kappa shape index (κ2) is 5.64. The Morgan fingerprint density at radius 2 is 2.00 bits per heavy atom. The Labute approximate surface area is 125 Å². The van der Waals surface area contributed by atoms with Gasteiger partial charge in [0.2, 0.25) is 0 Å².